The van der Waals surface area contributed by atoms with Gasteiger partial charge in [0.2, 0.25) is 0 Å². The van der Waals surface area contributed by atoms with E-state index in [1.807, 2.05) is 12.1 Å². The van der Waals surface area contributed by atoms with Crippen LogP contribution in [0.25, 0.3) is 11.3 Å². The Labute approximate surface area is 145 Å². The van der Waals surface area contributed by atoms with Crippen molar-refractivity contribution < 1.29 is 14.6 Å². The Kier molecular flexibility index (Phi) is 5.18. The van der Waals surface area contributed by atoms with Gasteiger partial charge in [-0.15, -0.1) is 0 Å². The number of aromatic nitrogens is 2. The van der Waals surface area contributed by atoms with E-state index in [1.54, 1.807) is 12.1 Å². The number of hydrogen-bond donors (Lipinski definition) is 3. The van der Waals surface area contributed by atoms with Gasteiger partial charge in [0, 0.05) is 35.8 Å². The van der Waals surface area contributed by atoms with E-state index in [1.165, 1.54) is 6.20 Å². The average molecular weight is 350 g/mol. The molecule has 0 saturated carbocycles. The van der Waals surface area contributed by atoms with Gasteiger partial charge in [0.05, 0.1) is 24.1 Å². The molecule has 1 aliphatic rings. The molecule has 0 aliphatic carbocycles. The minimum atomic E-state index is -0.312. The quantitative estimate of drug-likeness (QED) is 0.772. The van der Waals surface area contributed by atoms with Gasteiger partial charge >= 0.3 is 0 Å². The van der Waals surface area contributed by atoms with Crippen molar-refractivity contribution in [3.63, 3.8) is 0 Å². The summed E-state index contributed by atoms with van der Waals surface area (Å²) in [6.45, 7) is 1.65. The number of halogens is 1. The van der Waals surface area contributed by atoms with Gasteiger partial charge in [0.25, 0.3) is 5.91 Å². The molecule has 6 nitrogen and oxygen atoms in total. The lowest BCUT2D eigenvalue weighted by atomic mass is 9.81. The molecule has 1 aromatic carbocycles. The molecule has 2 aromatic rings. The maximum Gasteiger partial charge on any atom is 0.255 e. The van der Waals surface area contributed by atoms with Gasteiger partial charge in [-0.2, -0.15) is 5.10 Å². The van der Waals surface area contributed by atoms with Gasteiger partial charge in [0.15, 0.2) is 0 Å². The number of aromatic amines is 1. The molecule has 128 valence electrons. The number of carbonyl (C=O) groups is 1. The first-order valence-electron chi connectivity index (χ1n) is 7.90. The molecular formula is C17H20ClN3O3. The maximum atomic E-state index is 12.6. The highest BCUT2D eigenvalue weighted by Gasteiger charge is 2.32. The standard InChI is InChI=1S/C17H20ClN3O3/c18-13-3-1-2-12(8-13)15-14(9-20-21-15)16(23)19-10-17(11-22)4-6-24-7-5-17/h1-3,8-9,22H,4-7,10-11H2,(H,19,23)(H,20,21). The number of aliphatic hydroxyl groups excluding tert-OH is 1. The van der Waals surface area contributed by atoms with Crippen LogP contribution in [0.2, 0.25) is 5.02 Å². The van der Waals surface area contributed by atoms with E-state index in [0.717, 1.165) is 18.4 Å². The zero-order valence-corrected chi connectivity index (χ0v) is 14.0. The number of H-pyrrole nitrogens is 1. The molecule has 3 N–H and O–H groups in total. The SMILES string of the molecule is O=C(NCC1(CO)CCOCC1)c1cn[nH]c1-c1cccc(Cl)c1. The Morgan fingerprint density at radius 3 is 2.92 bits per heavy atom. The van der Waals surface area contributed by atoms with E-state index in [9.17, 15) is 9.90 Å². The van der Waals surface area contributed by atoms with E-state index in [0.29, 0.717) is 36.0 Å². The average Bonchev–Trinajstić information content (AvgIpc) is 3.10. The predicted molar refractivity (Wildman–Crippen MR) is 90.9 cm³/mol. The summed E-state index contributed by atoms with van der Waals surface area (Å²) in [7, 11) is 0. The van der Waals surface area contributed by atoms with Crippen LogP contribution in [0.3, 0.4) is 0 Å². The zero-order valence-electron chi connectivity index (χ0n) is 13.2. The molecule has 0 spiro atoms. The lowest BCUT2D eigenvalue weighted by Gasteiger charge is -2.35. The highest BCUT2D eigenvalue weighted by Crippen LogP contribution is 2.29. The van der Waals surface area contributed by atoms with Gasteiger partial charge in [-0.25, -0.2) is 0 Å². The lowest BCUT2D eigenvalue weighted by Crippen LogP contribution is -2.43. The van der Waals surface area contributed by atoms with Crippen molar-refractivity contribution in [1.82, 2.24) is 15.5 Å². The summed E-state index contributed by atoms with van der Waals surface area (Å²) in [6, 6.07) is 7.24. The van der Waals surface area contributed by atoms with Crippen LogP contribution in [0.4, 0.5) is 0 Å². The molecule has 2 heterocycles. The molecule has 24 heavy (non-hydrogen) atoms. The molecule has 7 heteroatoms. The number of benzene rings is 1. The number of hydrogen-bond acceptors (Lipinski definition) is 4. The van der Waals surface area contributed by atoms with E-state index in [2.05, 4.69) is 15.5 Å². The van der Waals surface area contributed by atoms with Crippen LogP contribution >= 0.6 is 11.6 Å². The third-order valence-corrected chi connectivity index (χ3v) is 4.75. The second-order valence-corrected chi connectivity index (χ2v) is 6.56. The molecule has 1 saturated heterocycles. The molecule has 1 aliphatic heterocycles. The first-order valence-corrected chi connectivity index (χ1v) is 8.27. The van der Waals surface area contributed by atoms with Crippen molar-refractivity contribution in [2.45, 2.75) is 12.8 Å². The van der Waals surface area contributed by atoms with Crippen molar-refractivity contribution in [1.29, 1.82) is 0 Å². The molecule has 0 unspecified atom stereocenters. The fraction of sp³-hybridized carbons (Fsp3) is 0.412. The molecule has 1 amide bonds. The van der Waals surface area contributed by atoms with Crippen LogP contribution in [0.1, 0.15) is 23.2 Å². The predicted octanol–water partition coefficient (Wildman–Crippen LogP) is 2.25. The molecule has 3 rings (SSSR count). The zero-order chi connectivity index (χ0) is 17.0. The summed E-state index contributed by atoms with van der Waals surface area (Å²) < 4.78 is 5.34. The highest BCUT2D eigenvalue weighted by atomic mass is 35.5. The number of rotatable bonds is 5. The summed E-state index contributed by atoms with van der Waals surface area (Å²) >= 11 is 6.02. The first kappa shape index (κ1) is 17.0. The van der Waals surface area contributed by atoms with Gasteiger partial charge < -0.3 is 15.2 Å². The van der Waals surface area contributed by atoms with Crippen molar-refractivity contribution in [3.05, 3.63) is 41.0 Å². The van der Waals surface area contributed by atoms with Crippen molar-refractivity contribution in [2.24, 2.45) is 5.41 Å². The summed E-state index contributed by atoms with van der Waals surface area (Å²) in [5.74, 6) is -0.224. The van der Waals surface area contributed by atoms with Crippen LogP contribution in [0.15, 0.2) is 30.5 Å². The number of ether oxygens (including phenoxy) is 1. The minimum Gasteiger partial charge on any atom is -0.396 e. The molecule has 1 fully saturated rings. The summed E-state index contributed by atoms with van der Waals surface area (Å²) in [4.78, 5) is 12.6. The van der Waals surface area contributed by atoms with Crippen molar-refractivity contribution in [3.8, 4) is 11.3 Å². The Balaban J connectivity index is 1.73. The van der Waals surface area contributed by atoms with E-state index in [-0.39, 0.29) is 17.9 Å². The number of aliphatic hydroxyl groups is 1. The topological polar surface area (TPSA) is 87.2 Å². The fourth-order valence-electron chi connectivity index (χ4n) is 2.88. The lowest BCUT2D eigenvalue weighted by molar-refractivity contribution is -0.0146. The Hall–Kier alpha value is -1.89. The van der Waals surface area contributed by atoms with Crippen molar-refractivity contribution in [2.75, 3.05) is 26.4 Å². The van der Waals surface area contributed by atoms with Gasteiger partial charge in [-0.3, -0.25) is 9.89 Å². The second-order valence-electron chi connectivity index (χ2n) is 6.12. The van der Waals surface area contributed by atoms with Crippen LogP contribution in [-0.2, 0) is 4.74 Å². The van der Waals surface area contributed by atoms with Crippen LogP contribution in [-0.4, -0.2) is 47.6 Å². The van der Waals surface area contributed by atoms with Gasteiger partial charge in [0.1, 0.15) is 0 Å². The van der Waals surface area contributed by atoms with Gasteiger partial charge in [-0.05, 0) is 25.0 Å². The molecule has 1 aromatic heterocycles. The van der Waals surface area contributed by atoms with E-state index >= 15 is 0 Å². The fourth-order valence-corrected chi connectivity index (χ4v) is 3.07. The van der Waals surface area contributed by atoms with Crippen LogP contribution in [0.5, 0.6) is 0 Å². The number of nitrogens with zero attached hydrogens (tertiary/aromatic N) is 1. The van der Waals surface area contributed by atoms with E-state index < -0.39 is 0 Å². The number of amides is 1. The van der Waals surface area contributed by atoms with E-state index in [4.69, 9.17) is 16.3 Å². The normalized spacial score (nSPS) is 16.8. The smallest absolute Gasteiger partial charge is 0.255 e. The molecular weight excluding hydrogens is 330 g/mol. The molecule has 0 radical (unpaired) electrons. The monoisotopic (exact) mass is 349 g/mol. The Bertz CT molecular complexity index is 711. The summed E-state index contributed by atoms with van der Waals surface area (Å²) in [6.07, 6.45) is 2.97. The van der Waals surface area contributed by atoms with Crippen LogP contribution in [0, 0.1) is 5.41 Å². The maximum absolute atomic E-state index is 12.6. The van der Waals surface area contributed by atoms with Crippen LogP contribution < -0.4 is 5.32 Å². The molecule has 0 bridgehead atoms. The van der Waals surface area contributed by atoms with Crippen molar-refractivity contribution >= 4 is 17.5 Å². The Morgan fingerprint density at radius 1 is 1.42 bits per heavy atom. The third-order valence-electron chi connectivity index (χ3n) is 4.51. The number of nitrogens with one attached hydrogen (secondary N) is 2. The van der Waals surface area contributed by atoms with Gasteiger partial charge in [-0.1, -0.05) is 23.7 Å². The highest BCUT2D eigenvalue weighted by molar-refractivity contribution is 6.30. The summed E-state index contributed by atoms with van der Waals surface area (Å²) in [5.41, 5.74) is 1.57. The molecule has 0 atom stereocenters. The number of carbonyl (C=O) groups excluding carboxylic acids is 1. The Morgan fingerprint density at radius 2 is 2.21 bits per heavy atom. The summed E-state index contributed by atoms with van der Waals surface area (Å²) in [5, 5.41) is 20.1. The second kappa shape index (κ2) is 7.34. The third kappa shape index (κ3) is 3.61. The first-order chi connectivity index (χ1) is 11.6. The minimum absolute atomic E-state index is 0.0309. The largest absolute Gasteiger partial charge is 0.396 e.